The molecule has 0 aliphatic carbocycles. The Morgan fingerprint density at radius 2 is 2.00 bits per heavy atom. The highest BCUT2D eigenvalue weighted by molar-refractivity contribution is 7.85. The summed E-state index contributed by atoms with van der Waals surface area (Å²) in [6, 6.07) is 9.31. The maximum absolute atomic E-state index is 11.6. The van der Waals surface area contributed by atoms with Crippen LogP contribution in [0.3, 0.4) is 0 Å². The molecule has 6 nitrogen and oxygen atoms in total. The van der Waals surface area contributed by atoms with E-state index in [9.17, 15) is 13.2 Å². The number of fused-ring (bicyclic) bond motifs is 1. The van der Waals surface area contributed by atoms with Crippen molar-refractivity contribution in [3.8, 4) is 5.75 Å². The molecule has 0 unspecified atom stereocenters. The molecule has 0 saturated carbocycles. The summed E-state index contributed by atoms with van der Waals surface area (Å²) in [6.07, 6.45) is 1.31. The van der Waals surface area contributed by atoms with Gasteiger partial charge in [-0.2, -0.15) is 8.42 Å². The molecular formula is C16H18ClNO5S. The van der Waals surface area contributed by atoms with E-state index in [1.165, 1.54) is 14.0 Å². The summed E-state index contributed by atoms with van der Waals surface area (Å²) in [5, 5.41) is 3.19. The van der Waals surface area contributed by atoms with Crippen LogP contribution in [0.15, 0.2) is 30.3 Å². The Bertz CT molecular complexity index is 866. The van der Waals surface area contributed by atoms with Gasteiger partial charge in [0.05, 0.1) is 24.9 Å². The molecular weight excluding hydrogens is 354 g/mol. The van der Waals surface area contributed by atoms with Crippen LogP contribution in [0.2, 0.25) is 5.02 Å². The lowest BCUT2D eigenvalue weighted by atomic mass is 10.0. The van der Waals surface area contributed by atoms with Crippen molar-refractivity contribution in [2.45, 2.75) is 13.3 Å². The number of nitrogens with zero attached hydrogens (tertiary/aromatic N) is 1. The molecule has 0 heterocycles. The molecule has 0 fully saturated rings. The third-order valence-corrected chi connectivity index (χ3v) is 4.15. The van der Waals surface area contributed by atoms with Gasteiger partial charge in [-0.3, -0.25) is 4.79 Å². The molecule has 2 aromatic carbocycles. The number of carbonyl (C=O) groups excluding carboxylic acids is 1. The van der Waals surface area contributed by atoms with Gasteiger partial charge in [-0.25, -0.2) is 5.06 Å². The van der Waals surface area contributed by atoms with E-state index >= 15 is 0 Å². The highest BCUT2D eigenvalue weighted by atomic mass is 35.5. The van der Waals surface area contributed by atoms with Crippen molar-refractivity contribution in [2.75, 3.05) is 19.9 Å². The SMILES string of the molecule is COc1cc2c(CCN(OS(C)(=O)=O)C(C)=O)cccc2cc1Cl. The van der Waals surface area contributed by atoms with Gasteiger partial charge in [-0.1, -0.05) is 29.8 Å². The van der Waals surface area contributed by atoms with Crippen LogP contribution in [0.25, 0.3) is 10.8 Å². The molecule has 0 saturated heterocycles. The first-order chi connectivity index (χ1) is 11.2. The Morgan fingerprint density at radius 1 is 1.29 bits per heavy atom. The quantitative estimate of drug-likeness (QED) is 0.730. The maximum Gasteiger partial charge on any atom is 0.285 e. The maximum atomic E-state index is 11.6. The van der Waals surface area contributed by atoms with E-state index < -0.39 is 16.0 Å². The number of methoxy groups -OCH3 is 1. The molecule has 0 aliphatic rings. The number of rotatable bonds is 6. The smallest absolute Gasteiger partial charge is 0.285 e. The predicted molar refractivity (Wildman–Crippen MR) is 92.5 cm³/mol. The molecule has 0 aliphatic heterocycles. The van der Waals surface area contributed by atoms with E-state index in [0.29, 0.717) is 17.2 Å². The summed E-state index contributed by atoms with van der Waals surface area (Å²) in [5.41, 5.74) is 0.922. The van der Waals surface area contributed by atoms with Gasteiger partial charge in [0.1, 0.15) is 5.75 Å². The van der Waals surface area contributed by atoms with Crippen molar-refractivity contribution in [3.63, 3.8) is 0 Å². The first-order valence-electron chi connectivity index (χ1n) is 7.14. The number of hydrogen-bond donors (Lipinski definition) is 0. The molecule has 0 bridgehead atoms. The normalized spacial score (nSPS) is 11.5. The Hall–Kier alpha value is -1.83. The first kappa shape index (κ1) is 18.5. The van der Waals surface area contributed by atoms with Crippen LogP contribution >= 0.6 is 11.6 Å². The minimum Gasteiger partial charge on any atom is -0.495 e. The Morgan fingerprint density at radius 3 is 2.58 bits per heavy atom. The van der Waals surface area contributed by atoms with Gasteiger partial charge < -0.3 is 4.74 Å². The standard InChI is InChI=1S/C16H18ClNO5S/c1-11(19)18(23-24(3,20)21)8-7-12-5-4-6-13-9-15(17)16(22-2)10-14(12)13/h4-6,9-10H,7-8H2,1-3H3. The lowest BCUT2D eigenvalue weighted by Gasteiger charge is -2.19. The zero-order valence-electron chi connectivity index (χ0n) is 13.6. The minimum absolute atomic E-state index is 0.104. The van der Waals surface area contributed by atoms with Crippen molar-refractivity contribution in [3.05, 3.63) is 40.9 Å². The van der Waals surface area contributed by atoms with Crippen LogP contribution < -0.4 is 4.74 Å². The summed E-state index contributed by atoms with van der Waals surface area (Å²) < 4.78 is 32.4. The predicted octanol–water partition coefficient (Wildman–Crippen LogP) is 2.78. The number of halogens is 1. The van der Waals surface area contributed by atoms with Crippen LogP contribution in [0.4, 0.5) is 0 Å². The van der Waals surface area contributed by atoms with Crippen molar-refractivity contribution in [1.29, 1.82) is 0 Å². The molecule has 2 rings (SSSR count). The van der Waals surface area contributed by atoms with E-state index in [0.717, 1.165) is 27.7 Å². The summed E-state index contributed by atoms with van der Waals surface area (Å²) >= 11 is 6.13. The topological polar surface area (TPSA) is 72.9 Å². The molecule has 24 heavy (non-hydrogen) atoms. The lowest BCUT2D eigenvalue weighted by molar-refractivity contribution is -0.153. The second-order valence-electron chi connectivity index (χ2n) is 5.27. The third-order valence-electron chi connectivity index (χ3n) is 3.40. The van der Waals surface area contributed by atoms with Gasteiger partial charge in [-0.15, -0.1) is 4.28 Å². The molecule has 130 valence electrons. The van der Waals surface area contributed by atoms with E-state index in [1.54, 1.807) is 6.07 Å². The highest BCUT2D eigenvalue weighted by Gasteiger charge is 2.16. The Labute approximate surface area is 146 Å². The molecule has 0 atom stereocenters. The number of hydrogen-bond acceptors (Lipinski definition) is 5. The van der Waals surface area contributed by atoms with E-state index in [1.807, 2.05) is 24.3 Å². The summed E-state index contributed by atoms with van der Waals surface area (Å²) in [4.78, 5) is 11.6. The van der Waals surface area contributed by atoms with Crippen LogP contribution in [0.5, 0.6) is 5.75 Å². The second-order valence-corrected chi connectivity index (χ2v) is 7.24. The van der Waals surface area contributed by atoms with Crippen molar-refractivity contribution < 1.29 is 22.2 Å². The molecule has 1 amide bonds. The van der Waals surface area contributed by atoms with Crippen LogP contribution in [-0.4, -0.2) is 39.3 Å². The van der Waals surface area contributed by atoms with E-state index in [4.69, 9.17) is 20.6 Å². The molecule has 0 N–H and O–H groups in total. The number of hydroxylamine groups is 2. The van der Waals surface area contributed by atoms with Crippen molar-refractivity contribution in [1.82, 2.24) is 5.06 Å². The zero-order chi connectivity index (χ0) is 17.9. The van der Waals surface area contributed by atoms with Crippen molar-refractivity contribution in [2.24, 2.45) is 0 Å². The molecule has 2 aromatic rings. The zero-order valence-corrected chi connectivity index (χ0v) is 15.1. The fourth-order valence-corrected chi connectivity index (χ4v) is 3.11. The summed E-state index contributed by atoms with van der Waals surface area (Å²) in [5.74, 6) is 0.0636. The van der Waals surface area contributed by atoms with Gasteiger partial charge in [0, 0.05) is 6.92 Å². The highest BCUT2D eigenvalue weighted by Crippen LogP contribution is 2.31. The average Bonchev–Trinajstić information content (AvgIpc) is 2.49. The van der Waals surface area contributed by atoms with Crippen LogP contribution in [0, 0.1) is 0 Å². The minimum atomic E-state index is -3.76. The second kappa shape index (κ2) is 7.38. The average molecular weight is 372 g/mol. The van der Waals surface area contributed by atoms with E-state index in [-0.39, 0.29) is 6.54 Å². The van der Waals surface area contributed by atoms with Crippen molar-refractivity contribution >= 4 is 38.4 Å². The Balaban J connectivity index is 2.30. The summed E-state index contributed by atoms with van der Waals surface area (Å²) in [6.45, 7) is 1.35. The van der Waals surface area contributed by atoms with Gasteiger partial charge >= 0.3 is 0 Å². The molecule has 0 aromatic heterocycles. The fraction of sp³-hybridized carbons (Fsp3) is 0.312. The van der Waals surface area contributed by atoms with Gasteiger partial charge in [0.25, 0.3) is 10.1 Å². The largest absolute Gasteiger partial charge is 0.495 e. The molecule has 0 spiro atoms. The Kier molecular flexibility index (Phi) is 5.69. The molecule has 0 radical (unpaired) electrons. The van der Waals surface area contributed by atoms with Gasteiger partial charge in [0.2, 0.25) is 5.91 Å². The number of benzene rings is 2. The van der Waals surface area contributed by atoms with E-state index in [2.05, 4.69) is 0 Å². The summed E-state index contributed by atoms with van der Waals surface area (Å²) in [7, 11) is -2.23. The number of amides is 1. The lowest BCUT2D eigenvalue weighted by Crippen LogP contribution is -2.33. The third kappa shape index (κ3) is 4.59. The first-order valence-corrected chi connectivity index (χ1v) is 9.33. The van der Waals surface area contributed by atoms with Gasteiger partial charge in [0.15, 0.2) is 0 Å². The van der Waals surface area contributed by atoms with Crippen LogP contribution in [0.1, 0.15) is 12.5 Å². The monoisotopic (exact) mass is 371 g/mol. The number of ether oxygens (including phenoxy) is 1. The van der Waals surface area contributed by atoms with Gasteiger partial charge in [-0.05, 0) is 34.9 Å². The molecule has 8 heteroatoms. The number of carbonyl (C=O) groups is 1. The fourth-order valence-electron chi connectivity index (χ4n) is 2.35. The van der Waals surface area contributed by atoms with Crippen LogP contribution in [-0.2, 0) is 25.6 Å².